The highest BCUT2D eigenvalue weighted by molar-refractivity contribution is 6.36. The van der Waals surface area contributed by atoms with Crippen LogP contribution in [0.25, 0.3) is 0 Å². The van der Waals surface area contributed by atoms with Crippen molar-refractivity contribution >= 4 is 35.6 Å². The van der Waals surface area contributed by atoms with E-state index >= 15 is 0 Å². The standard InChI is InChI=1S/2C5H8O2.C2H4N2O2/c2*1-3-5(7)4(2)6;5-3-1-2-4-6/h2*3H2,1-2H3;1-2,5-6H. The van der Waals surface area contributed by atoms with E-state index in [1.54, 1.807) is 13.8 Å². The van der Waals surface area contributed by atoms with Gasteiger partial charge in [-0.1, -0.05) is 24.2 Å². The topological polar surface area (TPSA) is 133 Å². The first-order chi connectivity index (χ1) is 9.28. The van der Waals surface area contributed by atoms with E-state index < -0.39 is 0 Å². The lowest BCUT2D eigenvalue weighted by Gasteiger charge is -1.81. The van der Waals surface area contributed by atoms with Crippen LogP contribution in [0.15, 0.2) is 10.3 Å². The predicted molar refractivity (Wildman–Crippen MR) is 72.5 cm³/mol. The predicted octanol–water partition coefficient (Wildman–Crippen LogP) is 1.02. The van der Waals surface area contributed by atoms with Gasteiger partial charge in [-0.05, 0) is 0 Å². The van der Waals surface area contributed by atoms with E-state index in [9.17, 15) is 19.2 Å². The van der Waals surface area contributed by atoms with Crippen molar-refractivity contribution in [2.75, 3.05) is 0 Å². The van der Waals surface area contributed by atoms with Crippen LogP contribution in [0.3, 0.4) is 0 Å². The summed E-state index contributed by atoms with van der Waals surface area (Å²) in [6.07, 6.45) is 2.55. The summed E-state index contributed by atoms with van der Waals surface area (Å²) >= 11 is 0. The number of ketones is 4. The van der Waals surface area contributed by atoms with E-state index in [-0.39, 0.29) is 23.1 Å². The Labute approximate surface area is 117 Å². The van der Waals surface area contributed by atoms with Crippen molar-refractivity contribution in [2.24, 2.45) is 10.3 Å². The minimum absolute atomic E-state index is 0.292. The maximum Gasteiger partial charge on any atom is 0.197 e. The minimum Gasteiger partial charge on any atom is -0.411 e. The van der Waals surface area contributed by atoms with Crippen molar-refractivity contribution in [3.05, 3.63) is 0 Å². The van der Waals surface area contributed by atoms with Gasteiger partial charge in [-0.15, -0.1) is 0 Å². The Bertz CT molecular complexity index is 338. The quantitative estimate of drug-likeness (QED) is 0.335. The second-order valence-corrected chi connectivity index (χ2v) is 3.19. The molecule has 8 nitrogen and oxygen atoms in total. The Hall–Kier alpha value is -2.38. The molecule has 0 saturated carbocycles. The van der Waals surface area contributed by atoms with Crippen molar-refractivity contribution in [2.45, 2.75) is 40.5 Å². The van der Waals surface area contributed by atoms with Crippen LogP contribution in [0, 0.1) is 0 Å². The van der Waals surface area contributed by atoms with E-state index in [0.717, 1.165) is 12.4 Å². The van der Waals surface area contributed by atoms with E-state index in [2.05, 4.69) is 10.3 Å². The molecule has 0 amide bonds. The summed E-state index contributed by atoms with van der Waals surface area (Å²) in [6.45, 7) is 5.91. The number of nitrogens with zero attached hydrogens (tertiary/aromatic N) is 2. The van der Waals surface area contributed by atoms with Gasteiger partial charge < -0.3 is 10.4 Å². The summed E-state index contributed by atoms with van der Waals surface area (Å²) in [5.41, 5.74) is 0. The molecule has 2 N–H and O–H groups in total. The number of Topliss-reactive ketones (excluding diaryl/α,β-unsaturated/α-hetero) is 4. The zero-order valence-corrected chi connectivity index (χ0v) is 12.0. The molecule has 0 heterocycles. The molecule has 0 spiro atoms. The van der Waals surface area contributed by atoms with Crippen LogP contribution in [-0.2, 0) is 19.2 Å². The molecule has 0 aliphatic heterocycles. The van der Waals surface area contributed by atoms with Gasteiger partial charge in [0.25, 0.3) is 0 Å². The second-order valence-electron chi connectivity index (χ2n) is 3.19. The molecule has 0 aromatic carbocycles. The van der Waals surface area contributed by atoms with Gasteiger partial charge >= 0.3 is 0 Å². The first-order valence-electron chi connectivity index (χ1n) is 5.69. The lowest BCUT2D eigenvalue weighted by atomic mass is 10.2. The second kappa shape index (κ2) is 16.6. The molecule has 0 aliphatic carbocycles. The molecule has 0 aliphatic rings. The highest BCUT2D eigenvalue weighted by atomic mass is 16.4. The number of hydrogen-bond donors (Lipinski definition) is 2. The molecule has 0 atom stereocenters. The number of carbonyl (C=O) groups excluding carboxylic acids is 4. The fourth-order valence-electron chi connectivity index (χ4n) is 0.558. The molecular weight excluding hydrogens is 268 g/mol. The summed E-state index contributed by atoms with van der Waals surface area (Å²) < 4.78 is 0. The van der Waals surface area contributed by atoms with Crippen LogP contribution in [0.1, 0.15) is 40.5 Å². The Balaban J connectivity index is -0.000000218. The van der Waals surface area contributed by atoms with Crippen LogP contribution in [0.5, 0.6) is 0 Å². The van der Waals surface area contributed by atoms with Crippen molar-refractivity contribution in [3.8, 4) is 0 Å². The number of rotatable bonds is 5. The molecular formula is C12H20N2O6. The number of hydrogen-bond acceptors (Lipinski definition) is 8. The summed E-state index contributed by atoms with van der Waals surface area (Å²) in [6, 6.07) is 0. The molecule has 0 radical (unpaired) electrons. The van der Waals surface area contributed by atoms with Crippen LogP contribution in [-0.4, -0.2) is 46.0 Å². The van der Waals surface area contributed by atoms with Gasteiger partial charge in [-0.2, -0.15) is 0 Å². The van der Waals surface area contributed by atoms with E-state index in [1.807, 2.05) is 0 Å². The van der Waals surface area contributed by atoms with Crippen molar-refractivity contribution in [3.63, 3.8) is 0 Å². The first-order valence-corrected chi connectivity index (χ1v) is 5.69. The zero-order valence-electron chi connectivity index (χ0n) is 12.0. The molecule has 0 unspecified atom stereocenters. The third-order valence-corrected chi connectivity index (χ3v) is 1.63. The Morgan fingerprint density at radius 2 is 1.05 bits per heavy atom. The number of oxime groups is 2. The summed E-state index contributed by atoms with van der Waals surface area (Å²) in [7, 11) is 0. The van der Waals surface area contributed by atoms with E-state index in [1.165, 1.54) is 13.8 Å². The normalized spacial score (nSPS) is 9.20. The van der Waals surface area contributed by atoms with Crippen LogP contribution in [0.2, 0.25) is 0 Å². The third-order valence-electron chi connectivity index (χ3n) is 1.63. The molecule has 0 aromatic rings. The van der Waals surface area contributed by atoms with Crippen molar-refractivity contribution in [1.29, 1.82) is 0 Å². The fourth-order valence-corrected chi connectivity index (χ4v) is 0.558. The van der Waals surface area contributed by atoms with E-state index in [4.69, 9.17) is 10.4 Å². The monoisotopic (exact) mass is 288 g/mol. The molecule has 114 valence electrons. The Morgan fingerprint density at radius 1 is 0.800 bits per heavy atom. The zero-order chi connectivity index (χ0) is 16.6. The smallest absolute Gasteiger partial charge is 0.197 e. The maximum absolute atomic E-state index is 10.2. The van der Waals surface area contributed by atoms with E-state index in [0.29, 0.717) is 12.8 Å². The summed E-state index contributed by atoms with van der Waals surface area (Å²) in [5.74, 6) is -1.27. The lowest BCUT2D eigenvalue weighted by Crippen LogP contribution is -2.06. The van der Waals surface area contributed by atoms with Crippen LogP contribution < -0.4 is 0 Å². The third kappa shape index (κ3) is 21.0. The van der Waals surface area contributed by atoms with Crippen molar-refractivity contribution < 1.29 is 29.6 Å². The SMILES string of the molecule is CCC(=O)C(C)=O.CCC(=O)C(C)=O.ON=CC=NO. The first kappa shape index (κ1) is 22.8. The number of carbonyl (C=O) groups is 4. The fraction of sp³-hybridized carbons (Fsp3) is 0.500. The summed E-state index contributed by atoms with van der Waals surface area (Å²) in [5, 5.41) is 20.1. The lowest BCUT2D eigenvalue weighted by molar-refractivity contribution is -0.135. The molecule has 0 fully saturated rings. The van der Waals surface area contributed by atoms with Crippen LogP contribution in [0.4, 0.5) is 0 Å². The highest BCUT2D eigenvalue weighted by Gasteiger charge is 2.01. The molecule has 0 bridgehead atoms. The molecule has 0 aromatic heterocycles. The van der Waals surface area contributed by atoms with Gasteiger partial charge in [0.05, 0.1) is 12.4 Å². The van der Waals surface area contributed by atoms with Gasteiger partial charge in [-0.3, -0.25) is 19.2 Å². The molecule has 0 saturated heterocycles. The average Bonchev–Trinajstić information content (AvgIpc) is 2.44. The van der Waals surface area contributed by atoms with Gasteiger partial charge in [0, 0.05) is 26.7 Å². The van der Waals surface area contributed by atoms with Gasteiger partial charge in [0.2, 0.25) is 0 Å². The van der Waals surface area contributed by atoms with Gasteiger partial charge in [-0.25, -0.2) is 0 Å². The molecule has 0 rings (SSSR count). The summed E-state index contributed by atoms with van der Waals surface area (Å²) in [4.78, 5) is 40.4. The largest absolute Gasteiger partial charge is 0.411 e. The van der Waals surface area contributed by atoms with Gasteiger partial charge in [0.1, 0.15) is 0 Å². The average molecular weight is 288 g/mol. The minimum atomic E-state index is -0.345. The highest BCUT2D eigenvalue weighted by Crippen LogP contribution is 1.79. The van der Waals surface area contributed by atoms with Crippen molar-refractivity contribution in [1.82, 2.24) is 0 Å². The maximum atomic E-state index is 10.2. The van der Waals surface area contributed by atoms with Crippen LogP contribution >= 0.6 is 0 Å². The van der Waals surface area contributed by atoms with Gasteiger partial charge in [0.15, 0.2) is 23.1 Å². The molecule has 8 heteroatoms. The Kier molecular flexibility index (Phi) is 18.9. The Morgan fingerprint density at radius 3 is 1.10 bits per heavy atom. The molecule has 20 heavy (non-hydrogen) atoms.